The van der Waals surface area contributed by atoms with E-state index in [0.717, 1.165) is 6.42 Å². The van der Waals surface area contributed by atoms with Crippen molar-refractivity contribution in [1.82, 2.24) is 5.32 Å². The average molecular weight is 181 g/mol. The van der Waals surface area contributed by atoms with E-state index in [1.54, 1.807) is 0 Å². The van der Waals surface area contributed by atoms with E-state index in [4.69, 9.17) is 6.42 Å². The molecule has 0 amide bonds. The minimum atomic E-state index is 0.234. The van der Waals surface area contributed by atoms with Gasteiger partial charge >= 0.3 is 0 Å². The molecule has 1 N–H and O–H groups in total. The van der Waals surface area contributed by atoms with Crippen LogP contribution in [-0.4, -0.2) is 13.1 Å². The normalized spacial score (nSPS) is 16.3. The zero-order chi connectivity index (χ0) is 10.5. The third-order valence-corrected chi connectivity index (χ3v) is 2.15. The average Bonchev–Trinajstić information content (AvgIpc) is 1.96. The Bertz CT molecular complexity index is 171. The van der Waals surface area contributed by atoms with Crippen molar-refractivity contribution in [3.05, 3.63) is 0 Å². The second-order valence-electron chi connectivity index (χ2n) is 5.11. The second-order valence-corrected chi connectivity index (χ2v) is 5.11. The lowest BCUT2D eigenvalue weighted by Gasteiger charge is -2.24. The zero-order valence-corrected chi connectivity index (χ0v) is 9.65. The maximum atomic E-state index is 5.38. The summed E-state index contributed by atoms with van der Waals surface area (Å²) in [6, 6.07) is 0.234. The Balaban J connectivity index is 3.87. The molecule has 0 fully saturated rings. The SMILES string of the molecule is C#C[C@H](C[C@@H](C)CC(C)(C)C)NC. The molecular weight excluding hydrogens is 158 g/mol. The van der Waals surface area contributed by atoms with Gasteiger partial charge in [0.05, 0.1) is 6.04 Å². The molecule has 0 spiro atoms. The molecule has 2 atom stereocenters. The van der Waals surface area contributed by atoms with Gasteiger partial charge in [-0.05, 0) is 31.2 Å². The van der Waals surface area contributed by atoms with E-state index >= 15 is 0 Å². The topological polar surface area (TPSA) is 12.0 Å². The molecule has 0 aliphatic rings. The third kappa shape index (κ3) is 6.66. The van der Waals surface area contributed by atoms with Gasteiger partial charge in [0.1, 0.15) is 0 Å². The van der Waals surface area contributed by atoms with Crippen molar-refractivity contribution in [1.29, 1.82) is 0 Å². The Kier molecular flexibility index (Phi) is 5.10. The number of nitrogens with one attached hydrogen (secondary N) is 1. The molecular formula is C12H23N. The first-order valence-electron chi connectivity index (χ1n) is 5.02. The fourth-order valence-electron chi connectivity index (χ4n) is 1.80. The third-order valence-electron chi connectivity index (χ3n) is 2.15. The number of hydrogen-bond donors (Lipinski definition) is 1. The minimum Gasteiger partial charge on any atom is -0.307 e. The number of hydrogen-bond acceptors (Lipinski definition) is 1. The van der Waals surface area contributed by atoms with E-state index in [1.165, 1.54) is 6.42 Å². The summed E-state index contributed by atoms with van der Waals surface area (Å²) in [5.74, 6) is 3.45. The predicted octanol–water partition coefficient (Wildman–Crippen LogP) is 2.67. The van der Waals surface area contributed by atoms with Crippen molar-refractivity contribution in [2.45, 2.75) is 46.6 Å². The molecule has 0 aliphatic carbocycles. The van der Waals surface area contributed by atoms with Crippen LogP contribution in [0.3, 0.4) is 0 Å². The van der Waals surface area contributed by atoms with Crippen molar-refractivity contribution in [2.75, 3.05) is 7.05 Å². The van der Waals surface area contributed by atoms with E-state index in [2.05, 4.69) is 38.9 Å². The standard InChI is InChI=1S/C12H23N/c1-7-11(13-6)8-10(2)9-12(3,4)5/h1,10-11,13H,8-9H2,2-6H3/t10-,11-/m1/s1. The van der Waals surface area contributed by atoms with Crippen molar-refractivity contribution in [3.63, 3.8) is 0 Å². The molecule has 0 aromatic rings. The quantitative estimate of drug-likeness (QED) is 0.657. The molecule has 1 nitrogen and oxygen atoms in total. The van der Waals surface area contributed by atoms with Gasteiger partial charge in [0.25, 0.3) is 0 Å². The Morgan fingerprint density at radius 3 is 2.23 bits per heavy atom. The Morgan fingerprint density at radius 2 is 1.92 bits per heavy atom. The maximum Gasteiger partial charge on any atom is 0.0687 e. The molecule has 0 saturated heterocycles. The van der Waals surface area contributed by atoms with Gasteiger partial charge in [-0.25, -0.2) is 0 Å². The predicted molar refractivity (Wildman–Crippen MR) is 59.5 cm³/mol. The highest BCUT2D eigenvalue weighted by Crippen LogP contribution is 2.26. The largest absolute Gasteiger partial charge is 0.307 e. The molecule has 76 valence electrons. The molecule has 1 heteroatoms. The van der Waals surface area contributed by atoms with Crippen LogP contribution in [0, 0.1) is 23.7 Å². The fraction of sp³-hybridized carbons (Fsp3) is 0.833. The lowest BCUT2D eigenvalue weighted by atomic mass is 9.83. The van der Waals surface area contributed by atoms with Crippen LogP contribution in [0.4, 0.5) is 0 Å². The van der Waals surface area contributed by atoms with E-state index in [0.29, 0.717) is 11.3 Å². The molecule has 13 heavy (non-hydrogen) atoms. The number of rotatable bonds is 4. The minimum absolute atomic E-state index is 0.234. The van der Waals surface area contributed by atoms with Crippen molar-refractivity contribution in [2.24, 2.45) is 11.3 Å². The Labute approximate surface area is 83.3 Å². The molecule has 0 unspecified atom stereocenters. The lowest BCUT2D eigenvalue weighted by Crippen LogP contribution is -2.26. The van der Waals surface area contributed by atoms with Crippen LogP contribution in [0.1, 0.15) is 40.5 Å². The summed E-state index contributed by atoms with van der Waals surface area (Å²) in [6.07, 6.45) is 7.69. The van der Waals surface area contributed by atoms with Gasteiger partial charge in [0.2, 0.25) is 0 Å². The van der Waals surface area contributed by atoms with Crippen LogP contribution in [-0.2, 0) is 0 Å². The van der Waals surface area contributed by atoms with Crippen LogP contribution in [0.15, 0.2) is 0 Å². The summed E-state index contributed by atoms with van der Waals surface area (Å²) < 4.78 is 0. The first-order valence-corrected chi connectivity index (χ1v) is 5.02. The molecule has 0 aromatic carbocycles. The molecule has 0 bridgehead atoms. The van der Waals surface area contributed by atoms with Crippen molar-refractivity contribution in [3.8, 4) is 12.3 Å². The molecule has 0 heterocycles. The van der Waals surface area contributed by atoms with Gasteiger partial charge in [-0.15, -0.1) is 6.42 Å². The summed E-state index contributed by atoms with van der Waals surface area (Å²) in [5, 5.41) is 3.13. The van der Waals surface area contributed by atoms with Gasteiger partial charge in [-0.2, -0.15) is 0 Å². The maximum absolute atomic E-state index is 5.38. The van der Waals surface area contributed by atoms with Gasteiger partial charge in [0.15, 0.2) is 0 Å². The monoisotopic (exact) mass is 181 g/mol. The fourth-order valence-corrected chi connectivity index (χ4v) is 1.80. The molecule has 0 rings (SSSR count). The van der Waals surface area contributed by atoms with Crippen molar-refractivity contribution >= 4 is 0 Å². The summed E-state index contributed by atoms with van der Waals surface area (Å²) in [6.45, 7) is 9.09. The van der Waals surface area contributed by atoms with E-state index in [9.17, 15) is 0 Å². The molecule has 0 radical (unpaired) electrons. The second kappa shape index (κ2) is 5.29. The van der Waals surface area contributed by atoms with E-state index < -0.39 is 0 Å². The summed E-state index contributed by atoms with van der Waals surface area (Å²) >= 11 is 0. The highest BCUT2D eigenvalue weighted by molar-refractivity contribution is 4.98. The number of terminal acetylenes is 1. The van der Waals surface area contributed by atoms with Crippen LogP contribution in [0.2, 0.25) is 0 Å². The molecule has 0 saturated carbocycles. The molecule has 0 aromatic heterocycles. The van der Waals surface area contributed by atoms with E-state index in [-0.39, 0.29) is 6.04 Å². The van der Waals surface area contributed by atoms with Crippen LogP contribution in [0.25, 0.3) is 0 Å². The summed E-state index contributed by atoms with van der Waals surface area (Å²) in [5.41, 5.74) is 0.409. The first kappa shape index (κ1) is 12.5. The van der Waals surface area contributed by atoms with Gasteiger partial charge < -0.3 is 5.32 Å². The van der Waals surface area contributed by atoms with Gasteiger partial charge in [0, 0.05) is 0 Å². The zero-order valence-electron chi connectivity index (χ0n) is 9.65. The molecule has 0 aliphatic heterocycles. The Hall–Kier alpha value is -0.480. The first-order chi connectivity index (χ1) is 5.89. The van der Waals surface area contributed by atoms with E-state index in [1.807, 2.05) is 7.05 Å². The summed E-state index contributed by atoms with van der Waals surface area (Å²) in [7, 11) is 1.92. The van der Waals surface area contributed by atoms with Gasteiger partial charge in [-0.1, -0.05) is 33.6 Å². The lowest BCUT2D eigenvalue weighted by molar-refractivity contribution is 0.288. The highest BCUT2D eigenvalue weighted by atomic mass is 14.9. The Morgan fingerprint density at radius 1 is 1.38 bits per heavy atom. The van der Waals surface area contributed by atoms with Crippen LogP contribution in [0.5, 0.6) is 0 Å². The smallest absolute Gasteiger partial charge is 0.0687 e. The highest BCUT2D eigenvalue weighted by Gasteiger charge is 2.17. The van der Waals surface area contributed by atoms with Crippen LogP contribution >= 0.6 is 0 Å². The van der Waals surface area contributed by atoms with Crippen LogP contribution < -0.4 is 5.32 Å². The van der Waals surface area contributed by atoms with Crippen molar-refractivity contribution < 1.29 is 0 Å². The van der Waals surface area contributed by atoms with Gasteiger partial charge in [-0.3, -0.25) is 0 Å². The summed E-state index contributed by atoms with van der Waals surface area (Å²) in [4.78, 5) is 0.